The number of nitrogens with zero attached hydrogens (tertiary/aromatic N) is 3. The quantitative estimate of drug-likeness (QED) is 0.910. The first-order chi connectivity index (χ1) is 9.28. The van der Waals surface area contributed by atoms with Crippen molar-refractivity contribution >= 4 is 5.82 Å². The molecule has 2 aromatic rings. The van der Waals surface area contributed by atoms with E-state index in [1.165, 1.54) is 18.4 Å². The number of aromatic nitrogens is 3. The van der Waals surface area contributed by atoms with Crippen LogP contribution >= 0.6 is 0 Å². The largest absolute Gasteiger partial charge is 0.370 e. The standard InChI is InChI=1S/C15H18N4/c1-3-17-14-8-13(12-9-16-7-6-10(12)2)18-15(19-14)11-4-5-11/h6-9,11H,3-5H2,1-2H3,(H,17,18,19). The number of nitrogens with one attached hydrogen (secondary N) is 1. The van der Waals surface area contributed by atoms with Crippen molar-refractivity contribution in [1.82, 2.24) is 15.0 Å². The smallest absolute Gasteiger partial charge is 0.134 e. The Balaban J connectivity index is 2.06. The first-order valence-corrected chi connectivity index (χ1v) is 6.81. The summed E-state index contributed by atoms with van der Waals surface area (Å²) in [5.41, 5.74) is 3.25. The second kappa shape index (κ2) is 4.96. The van der Waals surface area contributed by atoms with E-state index in [1.807, 2.05) is 24.5 Å². The van der Waals surface area contributed by atoms with Gasteiger partial charge in [-0.15, -0.1) is 0 Å². The van der Waals surface area contributed by atoms with E-state index in [2.05, 4.69) is 29.1 Å². The summed E-state index contributed by atoms with van der Waals surface area (Å²) < 4.78 is 0. The van der Waals surface area contributed by atoms with Crippen molar-refractivity contribution in [2.75, 3.05) is 11.9 Å². The fourth-order valence-electron chi connectivity index (χ4n) is 2.13. The molecule has 0 bridgehead atoms. The van der Waals surface area contributed by atoms with Gasteiger partial charge in [0.1, 0.15) is 11.6 Å². The molecule has 0 radical (unpaired) electrons. The molecule has 1 saturated carbocycles. The molecule has 1 N–H and O–H groups in total. The van der Waals surface area contributed by atoms with Gasteiger partial charge in [0.15, 0.2) is 0 Å². The minimum absolute atomic E-state index is 0.550. The predicted octanol–water partition coefficient (Wildman–Crippen LogP) is 3.16. The van der Waals surface area contributed by atoms with Crippen LogP contribution in [0, 0.1) is 6.92 Å². The fourth-order valence-corrected chi connectivity index (χ4v) is 2.13. The lowest BCUT2D eigenvalue weighted by molar-refractivity contribution is 0.926. The summed E-state index contributed by atoms with van der Waals surface area (Å²) in [4.78, 5) is 13.5. The highest BCUT2D eigenvalue weighted by Gasteiger charge is 2.27. The van der Waals surface area contributed by atoms with Crippen molar-refractivity contribution < 1.29 is 0 Å². The van der Waals surface area contributed by atoms with E-state index < -0.39 is 0 Å². The van der Waals surface area contributed by atoms with Crippen molar-refractivity contribution in [2.45, 2.75) is 32.6 Å². The maximum Gasteiger partial charge on any atom is 0.134 e. The molecular formula is C15H18N4. The highest BCUT2D eigenvalue weighted by Crippen LogP contribution is 2.39. The van der Waals surface area contributed by atoms with Crippen LogP contribution in [0.3, 0.4) is 0 Å². The number of hydrogen-bond donors (Lipinski definition) is 1. The molecule has 4 heteroatoms. The highest BCUT2D eigenvalue weighted by molar-refractivity contribution is 5.65. The van der Waals surface area contributed by atoms with E-state index in [0.717, 1.165) is 29.4 Å². The van der Waals surface area contributed by atoms with E-state index in [0.29, 0.717) is 5.92 Å². The van der Waals surface area contributed by atoms with Gasteiger partial charge in [-0.3, -0.25) is 4.98 Å². The van der Waals surface area contributed by atoms with Crippen LogP contribution < -0.4 is 5.32 Å². The van der Waals surface area contributed by atoms with E-state index in [-0.39, 0.29) is 0 Å². The number of anilines is 1. The third-order valence-electron chi connectivity index (χ3n) is 3.36. The van der Waals surface area contributed by atoms with Gasteiger partial charge < -0.3 is 5.32 Å². The maximum absolute atomic E-state index is 4.72. The van der Waals surface area contributed by atoms with Crippen LogP contribution in [0.2, 0.25) is 0 Å². The van der Waals surface area contributed by atoms with Crippen LogP contribution in [0.25, 0.3) is 11.3 Å². The first-order valence-electron chi connectivity index (χ1n) is 6.81. The Morgan fingerprint density at radius 1 is 1.32 bits per heavy atom. The third kappa shape index (κ3) is 2.57. The van der Waals surface area contributed by atoms with Crippen LogP contribution in [0.1, 0.15) is 37.1 Å². The minimum atomic E-state index is 0.550. The molecule has 0 saturated heterocycles. The Morgan fingerprint density at radius 2 is 2.16 bits per heavy atom. The van der Waals surface area contributed by atoms with E-state index in [9.17, 15) is 0 Å². The average molecular weight is 254 g/mol. The van der Waals surface area contributed by atoms with E-state index in [1.54, 1.807) is 0 Å². The van der Waals surface area contributed by atoms with Gasteiger partial charge in [-0.2, -0.15) is 0 Å². The van der Waals surface area contributed by atoms with Gasteiger partial charge in [-0.1, -0.05) is 0 Å². The molecule has 2 aromatic heterocycles. The fraction of sp³-hybridized carbons (Fsp3) is 0.400. The van der Waals surface area contributed by atoms with E-state index in [4.69, 9.17) is 4.98 Å². The van der Waals surface area contributed by atoms with Crippen molar-refractivity contribution in [3.8, 4) is 11.3 Å². The molecule has 1 aliphatic carbocycles. The second-order valence-corrected chi connectivity index (χ2v) is 4.99. The topological polar surface area (TPSA) is 50.7 Å². The van der Waals surface area contributed by atoms with Crippen LogP contribution in [0.15, 0.2) is 24.5 Å². The molecule has 1 aliphatic rings. The summed E-state index contributed by atoms with van der Waals surface area (Å²) in [6, 6.07) is 4.03. The molecule has 0 amide bonds. The summed E-state index contributed by atoms with van der Waals surface area (Å²) in [7, 11) is 0. The molecule has 0 unspecified atom stereocenters. The Bertz CT molecular complexity index is 590. The molecule has 0 aliphatic heterocycles. The summed E-state index contributed by atoms with van der Waals surface area (Å²) in [6.45, 7) is 5.03. The molecule has 0 atom stereocenters. The normalized spacial score (nSPS) is 14.4. The zero-order valence-corrected chi connectivity index (χ0v) is 11.3. The Kier molecular flexibility index (Phi) is 3.15. The number of pyridine rings is 1. The van der Waals surface area contributed by atoms with Crippen molar-refractivity contribution in [1.29, 1.82) is 0 Å². The Labute approximate surface area is 113 Å². The average Bonchev–Trinajstić information content (AvgIpc) is 3.23. The van der Waals surface area contributed by atoms with Gasteiger partial charge in [0.05, 0.1) is 5.69 Å². The molecule has 2 heterocycles. The lowest BCUT2D eigenvalue weighted by Crippen LogP contribution is -2.04. The van der Waals surface area contributed by atoms with Gasteiger partial charge in [0.2, 0.25) is 0 Å². The SMILES string of the molecule is CCNc1cc(-c2cnccc2C)nc(C2CC2)n1. The summed E-state index contributed by atoms with van der Waals surface area (Å²) in [5, 5.41) is 3.29. The van der Waals surface area contributed by atoms with Crippen LogP contribution in [-0.2, 0) is 0 Å². The predicted molar refractivity (Wildman–Crippen MR) is 76.1 cm³/mol. The Hall–Kier alpha value is -1.97. The van der Waals surface area contributed by atoms with Crippen molar-refractivity contribution in [3.05, 3.63) is 35.9 Å². The number of aryl methyl sites for hydroxylation is 1. The summed E-state index contributed by atoms with van der Waals surface area (Å²) in [5.74, 6) is 2.43. The minimum Gasteiger partial charge on any atom is -0.370 e. The summed E-state index contributed by atoms with van der Waals surface area (Å²) in [6.07, 6.45) is 6.11. The molecular weight excluding hydrogens is 236 g/mol. The van der Waals surface area contributed by atoms with Gasteiger partial charge >= 0.3 is 0 Å². The maximum atomic E-state index is 4.72. The van der Waals surface area contributed by atoms with E-state index >= 15 is 0 Å². The zero-order chi connectivity index (χ0) is 13.2. The van der Waals surface area contributed by atoms with Crippen LogP contribution in [0.5, 0.6) is 0 Å². The van der Waals surface area contributed by atoms with Crippen LogP contribution in [0.4, 0.5) is 5.82 Å². The number of hydrogen-bond acceptors (Lipinski definition) is 4. The molecule has 1 fully saturated rings. The van der Waals surface area contributed by atoms with Crippen molar-refractivity contribution in [2.24, 2.45) is 0 Å². The first kappa shape index (κ1) is 12.1. The van der Waals surface area contributed by atoms with Gasteiger partial charge in [0, 0.05) is 36.5 Å². The molecule has 3 rings (SSSR count). The molecule has 98 valence electrons. The van der Waals surface area contributed by atoms with Crippen LogP contribution in [-0.4, -0.2) is 21.5 Å². The van der Waals surface area contributed by atoms with Gasteiger partial charge in [-0.05, 0) is 38.3 Å². The second-order valence-electron chi connectivity index (χ2n) is 4.99. The van der Waals surface area contributed by atoms with Gasteiger partial charge in [-0.25, -0.2) is 9.97 Å². The lowest BCUT2D eigenvalue weighted by Gasteiger charge is -2.10. The molecule has 0 aromatic carbocycles. The summed E-state index contributed by atoms with van der Waals surface area (Å²) >= 11 is 0. The highest BCUT2D eigenvalue weighted by atomic mass is 15.0. The molecule has 4 nitrogen and oxygen atoms in total. The molecule has 0 spiro atoms. The monoisotopic (exact) mass is 254 g/mol. The molecule has 19 heavy (non-hydrogen) atoms. The Morgan fingerprint density at radius 3 is 2.84 bits per heavy atom. The van der Waals surface area contributed by atoms with Gasteiger partial charge in [0.25, 0.3) is 0 Å². The van der Waals surface area contributed by atoms with Crippen molar-refractivity contribution in [3.63, 3.8) is 0 Å². The zero-order valence-electron chi connectivity index (χ0n) is 11.3. The third-order valence-corrected chi connectivity index (χ3v) is 3.36. The lowest BCUT2D eigenvalue weighted by atomic mass is 10.1. The number of rotatable bonds is 4.